The third-order valence-electron chi connectivity index (χ3n) is 3.73. The maximum atomic E-state index is 12.7. The minimum atomic E-state index is -3.67. The SMILES string of the molecule is C[C@H](CO)COc1ccc(S(=O)(=O)c2ccc(OC[C@H](O)CCl)cc2)cc1. The molecule has 0 bridgehead atoms. The molecule has 0 saturated carbocycles. The highest BCUT2D eigenvalue weighted by molar-refractivity contribution is 7.91. The fourth-order valence-electron chi connectivity index (χ4n) is 2.09. The van der Waals surface area contributed by atoms with Crippen molar-refractivity contribution in [3.8, 4) is 11.5 Å². The Morgan fingerprint density at radius 2 is 1.37 bits per heavy atom. The Labute approximate surface area is 164 Å². The normalized spacial score (nSPS) is 13.8. The number of aliphatic hydroxyl groups is 2. The average Bonchev–Trinajstić information content (AvgIpc) is 2.70. The third-order valence-corrected chi connectivity index (χ3v) is 5.88. The van der Waals surface area contributed by atoms with Crippen LogP contribution in [-0.4, -0.2) is 50.4 Å². The summed E-state index contributed by atoms with van der Waals surface area (Å²) >= 11 is 5.50. The highest BCUT2D eigenvalue weighted by Crippen LogP contribution is 2.25. The first-order valence-corrected chi connectivity index (χ1v) is 10.4. The number of alkyl halides is 1. The summed E-state index contributed by atoms with van der Waals surface area (Å²) in [7, 11) is -3.67. The van der Waals surface area contributed by atoms with Gasteiger partial charge in [-0.2, -0.15) is 0 Å². The standard InChI is InChI=1S/C19H23ClO6S/c1-14(11-21)12-25-16-2-6-18(7-3-16)27(23,24)19-8-4-17(5-9-19)26-13-15(22)10-20/h2-9,14-15,21-22H,10-13H2,1H3/t14-,15-/m1/s1. The molecule has 0 unspecified atom stereocenters. The van der Waals surface area contributed by atoms with Gasteiger partial charge in [0.2, 0.25) is 9.84 Å². The zero-order valence-electron chi connectivity index (χ0n) is 14.9. The molecule has 2 rings (SSSR count). The molecule has 0 heterocycles. The van der Waals surface area contributed by atoms with Gasteiger partial charge >= 0.3 is 0 Å². The average molecular weight is 415 g/mol. The van der Waals surface area contributed by atoms with Gasteiger partial charge in [0.05, 0.1) is 22.3 Å². The molecule has 27 heavy (non-hydrogen) atoms. The van der Waals surface area contributed by atoms with Crippen LogP contribution in [-0.2, 0) is 9.84 Å². The molecule has 0 aliphatic carbocycles. The maximum absolute atomic E-state index is 12.7. The zero-order chi connectivity index (χ0) is 19.9. The molecule has 0 spiro atoms. The third kappa shape index (κ3) is 6.10. The summed E-state index contributed by atoms with van der Waals surface area (Å²) in [6.07, 6.45) is -0.781. The second-order valence-electron chi connectivity index (χ2n) is 6.16. The highest BCUT2D eigenvalue weighted by atomic mass is 35.5. The topological polar surface area (TPSA) is 93.1 Å². The van der Waals surface area contributed by atoms with Crippen LogP contribution in [0.1, 0.15) is 6.92 Å². The molecule has 8 heteroatoms. The van der Waals surface area contributed by atoms with Crippen LogP contribution in [0.2, 0.25) is 0 Å². The van der Waals surface area contributed by atoms with Crippen LogP contribution in [0.3, 0.4) is 0 Å². The van der Waals surface area contributed by atoms with Crippen LogP contribution < -0.4 is 9.47 Å². The van der Waals surface area contributed by atoms with Crippen molar-refractivity contribution in [3.05, 3.63) is 48.5 Å². The van der Waals surface area contributed by atoms with Gasteiger partial charge in [0.15, 0.2) is 0 Å². The fraction of sp³-hybridized carbons (Fsp3) is 0.368. The highest BCUT2D eigenvalue weighted by Gasteiger charge is 2.18. The summed E-state index contributed by atoms with van der Waals surface area (Å²) in [4.78, 5) is 0.284. The van der Waals surface area contributed by atoms with Gasteiger partial charge in [-0.05, 0) is 48.5 Å². The molecule has 0 saturated heterocycles. The monoisotopic (exact) mass is 414 g/mol. The number of hydrogen-bond acceptors (Lipinski definition) is 6. The number of sulfone groups is 1. The van der Waals surface area contributed by atoms with Gasteiger partial charge < -0.3 is 19.7 Å². The Morgan fingerprint density at radius 1 is 0.926 bits per heavy atom. The number of aliphatic hydroxyl groups excluding tert-OH is 2. The van der Waals surface area contributed by atoms with E-state index in [-0.39, 0.29) is 34.8 Å². The molecular weight excluding hydrogens is 392 g/mol. The van der Waals surface area contributed by atoms with Crippen LogP contribution in [0.5, 0.6) is 11.5 Å². The van der Waals surface area contributed by atoms with Crippen LogP contribution in [0.15, 0.2) is 58.3 Å². The summed E-state index contributed by atoms with van der Waals surface area (Å²) in [6.45, 7) is 2.26. The first-order chi connectivity index (χ1) is 12.9. The van der Waals surface area contributed by atoms with Crippen LogP contribution >= 0.6 is 11.6 Å². The summed E-state index contributed by atoms with van der Waals surface area (Å²) in [6, 6.07) is 12.1. The first kappa shape index (κ1) is 21.5. The van der Waals surface area contributed by atoms with E-state index in [1.165, 1.54) is 36.4 Å². The predicted molar refractivity (Wildman–Crippen MR) is 102 cm³/mol. The molecule has 148 valence electrons. The van der Waals surface area contributed by atoms with Crippen LogP contribution in [0, 0.1) is 5.92 Å². The van der Waals surface area contributed by atoms with Crippen molar-refractivity contribution in [2.75, 3.05) is 25.7 Å². The van der Waals surface area contributed by atoms with Gasteiger partial charge in [-0.3, -0.25) is 0 Å². The van der Waals surface area contributed by atoms with Gasteiger partial charge in [0.1, 0.15) is 24.2 Å². The zero-order valence-corrected chi connectivity index (χ0v) is 16.5. The second-order valence-corrected chi connectivity index (χ2v) is 8.42. The van der Waals surface area contributed by atoms with Crippen molar-refractivity contribution in [2.24, 2.45) is 5.92 Å². The molecule has 0 aliphatic rings. The summed E-state index contributed by atoms with van der Waals surface area (Å²) in [5.74, 6) is 1.04. The quantitative estimate of drug-likeness (QED) is 0.580. The molecule has 2 aromatic carbocycles. The Balaban J connectivity index is 2.06. The molecule has 0 aromatic heterocycles. The Kier molecular flexibility index (Phi) is 7.91. The second kappa shape index (κ2) is 9.94. The summed E-state index contributed by atoms with van der Waals surface area (Å²) < 4.78 is 36.3. The molecule has 0 amide bonds. The van der Waals surface area contributed by atoms with Gasteiger partial charge in [-0.15, -0.1) is 11.6 Å². The number of hydrogen-bond donors (Lipinski definition) is 2. The Bertz CT molecular complexity index is 742. The maximum Gasteiger partial charge on any atom is 0.206 e. The van der Waals surface area contributed by atoms with E-state index in [2.05, 4.69) is 0 Å². The molecule has 0 radical (unpaired) electrons. The van der Waals surface area contributed by atoms with E-state index >= 15 is 0 Å². The van der Waals surface area contributed by atoms with Crippen molar-refractivity contribution in [2.45, 2.75) is 22.8 Å². The smallest absolute Gasteiger partial charge is 0.206 e. The Hall–Kier alpha value is -1.80. The van der Waals surface area contributed by atoms with E-state index in [0.717, 1.165) is 0 Å². The number of rotatable bonds is 10. The minimum absolute atomic E-state index is 0.000285. The lowest BCUT2D eigenvalue weighted by Gasteiger charge is -2.12. The van der Waals surface area contributed by atoms with Crippen molar-refractivity contribution < 1.29 is 28.1 Å². The number of benzene rings is 2. The van der Waals surface area contributed by atoms with E-state index < -0.39 is 15.9 Å². The lowest BCUT2D eigenvalue weighted by Crippen LogP contribution is -2.18. The van der Waals surface area contributed by atoms with Crippen molar-refractivity contribution >= 4 is 21.4 Å². The largest absolute Gasteiger partial charge is 0.493 e. The minimum Gasteiger partial charge on any atom is -0.493 e. The molecule has 0 fully saturated rings. The lowest BCUT2D eigenvalue weighted by atomic mass is 10.2. The van der Waals surface area contributed by atoms with Gasteiger partial charge in [-0.25, -0.2) is 8.42 Å². The van der Waals surface area contributed by atoms with Crippen molar-refractivity contribution in [1.29, 1.82) is 0 Å². The van der Waals surface area contributed by atoms with E-state index in [4.69, 9.17) is 26.2 Å². The first-order valence-electron chi connectivity index (χ1n) is 8.42. The van der Waals surface area contributed by atoms with Crippen molar-refractivity contribution in [3.63, 3.8) is 0 Å². The Morgan fingerprint density at radius 3 is 1.78 bits per heavy atom. The molecule has 2 N–H and O–H groups in total. The lowest BCUT2D eigenvalue weighted by molar-refractivity contribution is 0.125. The van der Waals surface area contributed by atoms with Crippen molar-refractivity contribution in [1.82, 2.24) is 0 Å². The van der Waals surface area contributed by atoms with E-state index in [0.29, 0.717) is 18.1 Å². The van der Waals surface area contributed by atoms with Gasteiger partial charge in [-0.1, -0.05) is 6.92 Å². The number of ether oxygens (including phenoxy) is 2. The van der Waals surface area contributed by atoms with E-state index in [9.17, 15) is 13.5 Å². The summed E-state index contributed by atoms with van der Waals surface area (Å²) in [5.41, 5.74) is 0. The van der Waals surface area contributed by atoms with E-state index in [1.807, 2.05) is 6.92 Å². The molecule has 2 aromatic rings. The number of halogens is 1. The molecular formula is C19H23ClO6S. The fourth-order valence-corrected chi connectivity index (χ4v) is 3.44. The summed E-state index contributed by atoms with van der Waals surface area (Å²) in [5, 5.41) is 18.4. The molecule has 2 atom stereocenters. The van der Waals surface area contributed by atoms with Crippen LogP contribution in [0.4, 0.5) is 0 Å². The van der Waals surface area contributed by atoms with Crippen LogP contribution in [0.25, 0.3) is 0 Å². The molecule has 6 nitrogen and oxygen atoms in total. The van der Waals surface area contributed by atoms with E-state index in [1.54, 1.807) is 12.1 Å². The predicted octanol–water partition coefficient (Wildman–Crippen LogP) is 2.51. The molecule has 0 aliphatic heterocycles. The van der Waals surface area contributed by atoms with Gasteiger partial charge in [0.25, 0.3) is 0 Å². The van der Waals surface area contributed by atoms with Gasteiger partial charge in [0, 0.05) is 12.5 Å².